The second-order valence-corrected chi connectivity index (χ2v) is 6.84. The highest BCUT2D eigenvalue weighted by Crippen LogP contribution is 2.28. The lowest BCUT2D eigenvalue weighted by Crippen LogP contribution is -2.10. The lowest BCUT2D eigenvalue weighted by Gasteiger charge is -1.98. The fourth-order valence-corrected chi connectivity index (χ4v) is 4.10. The summed E-state index contributed by atoms with van der Waals surface area (Å²) in [5.41, 5.74) is 2.10. The van der Waals surface area contributed by atoms with E-state index in [-0.39, 0.29) is 5.91 Å². The van der Waals surface area contributed by atoms with E-state index in [0.717, 1.165) is 14.7 Å². The number of amides is 1. The number of carbonyl (C=O) groups is 1. The number of aromatic nitrogens is 1. The lowest BCUT2D eigenvalue weighted by atomic mass is 10.2. The van der Waals surface area contributed by atoms with E-state index in [1.54, 1.807) is 0 Å². The molecule has 3 aromatic rings. The van der Waals surface area contributed by atoms with Gasteiger partial charge < -0.3 is 0 Å². The summed E-state index contributed by atoms with van der Waals surface area (Å²) in [6, 6.07) is 7.92. The number of thiophene rings is 1. The van der Waals surface area contributed by atoms with Crippen molar-refractivity contribution < 1.29 is 4.79 Å². The number of fused-ring (bicyclic) bond motifs is 1. The molecule has 1 N–H and O–H groups in total. The van der Waals surface area contributed by atoms with E-state index in [4.69, 9.17) is 0 Å². The SMILES string of the molecule is Cc1ccc2nc(NC(=O)c3sccc3Br)sc2c1. The van der Waals surface area contributed by atoms with Gasteiger partial charge in [-0.2, -0.15) is 0 Å². The Bertz CT molecular complexity index is 763. The third kappa shape index (κ3) is 2.56. The molecule has 0 aliphatic heterocycles. The van der Waals surface area contributed by atoms with Gasteiger partial charge in [0.1, 0.15) is 4.88 Å². The molecular weight excluding hydrogens is 344 g/mol. The number of thiazole rings is 1. The van der Waals surface area contributed by atoms with Crippen LogP contribution in [0.5, 0.6) is 0 Å². The molecular formula is C13H9BrN2OS2. The van der Waals surface area contributed by atoms with Gasteiger partial charge in [-0.25, -0.2) is 4.98 Å². The Kier molecular flexibility index (Phi) is 3.38. The number of aryl methyl sites for hydroxylation is 1. The van der Waals surface area contributed by atoms with Crippen molar-refractivity contribution in [2.24, 2.45) is 0 Å². The second kappa shape index (κ2) is 5.03. The minimum absolute atomic E-state index is 0.127. The third-order valence-corrected chi connectivity index (χ3v) is 5.36. The molecule has 0 atom stereocenters. The molecule has 19 heavy (non-hydrogen) atoms. The van der Waals surface area contributed by atoms with Gasteiger partial charge in [0.15, 0.2) is 5.13 Å². The normalized spacial score (nSPS) is 10.8. The number of rotatable bonds is 2. The predicted molar refractivity (Wildman–Crippen MR) is 84.3 cm³/mol. The molecule has 0 saturated heterocycles. The average molecular weight is 353 g/mol. The molecule has 1 aromatic carbocycles. The number of halogens is 1. The minimum atomic E-state index is -0.127. The standard InChI is InChI=1S/C13H9BrN2OS2/c1-7-2-3-9-10(6-7)19-13(15-9)16-12(17)11-8(14)4-5-18-11/h2-6H,1H3,(H,15,16,17). The fraction of sp³-hybridized carbons (Fsp3) is 0.0769. The van der Waals surface area contributed by atoms with Crippen LogP contribution in [0.4, 0.5) is 5.13 Å². The van der Waals surface area contributed by atoms with Crippen LogP contribution in [0.15, 0.2) is 34.1 Å². The maximum absolute atomic E-state index is 12.1. The van der Waals surface area contributed by atoms with Gasteiger partial charge in [0.05, 0.1) is 10.2 Å². The summed E-state index contributed by atoms with van der Waals surface area (Å²) in [6.07, 6.45) is 0. The number of benzene rings is 1. The summed E-state index contributed by atoms with van der Waals surface area (Å²) in [4.78, 5) is 17.1. The molecule has 3 nitrogen and oxygen atoms in total. The van der Waals surface area contributed by atoms with Crippen LogP contribution in [-0.4, -0.2) is 10.9 Å². The predicted octanol–water partition coefficient (Wildman–Crippen LogP) is 4.68. The molecule has 1 amide bonds. The minimum Gasteiger partial charge on any atom is -0.297 e. The quantitative estimate of drug-likeness (QED) is 0.727. The summed E-state index contributed by atoms with van der Waals surface area (Å²) in [7, 11) is 0. The molecule has 0 saturated carbocycles. The van der Waals surface area contributed by atoms with Crippen molar-refractivity contribution in [2.45, 2.75) is 6.92 Å². The molecule has 2 heterocycles. The summed E-state index contributed by atoms with van der Waals surface area (Å²) in [6.45, 7) is 2.04. The first-order chi connectivity index (χ1) is 9.13. The topological polar surface area (TPSA) is 42.0 Å². The van der Waals surface area contributed by atoms with Gasteiger partial charge in [0.25, 0.3) is 5.91 Å². The lowest BCUT2D eigenvalue weighted by molar-refractivity contribution is 0.103. The number of nitrogens with one attached hydrogen (secondary N) is 1. The van der Waals surface area contributed by atoms with Crippen molar-refractivity contribution in [1.82, 2.24) is 4.98 Å². The van der Waals surface area contributed by atoms with Crippen LogP contribution in [0.1, 0.15) is 15.2 Å². The van der Waals surface area contributed by atoms with Gasteiger partial charge in [-0.05, 0) is 52.0 Å². The number of nitrogens with zero attached hydrogens (tertiary/aromatic N) is 1. The highest BCUT2D eigenvalue weighted by Gasteiger charge is 2.13. The van der Waals surface area contributed by atoms with E-state index in [1.165, 1.54) is 28.2 Å². The highest BCUT2D eigenvalue weighted by molar-refractivity contribution is 9.10. The zero-order chi connectivity index (χ0) is 13.4. The summed E-state index contributed by atoms with van der Waals surface area (Å²) < 4.78 is 1.90. The molecule has 0 radical (unpaired) electrons. The molecule has 0 spiro atoms. The van der Waals surface area contributed by atoms with Crippen molar-refractivity contribution in [3.63, 3.8) is 0 Å². The smallest absolute Gasteiger partial charge is 0.268 e. The Balaban J connectivity index is 1.89. The van der Waals surface area contributed by atoms with Gasteiger partial charge in [-0.3, -0.25) is 10.1 Å². The number of hydrogen-bond donors (Lipinski definition) is 1. The Morgan fingerprint density at radius 3 is 2.95 bits per heavy atom. The first-order valence-electron chi connectivity index (χ1n) is 5.55. The molecule has 0 unspecified atom stereocenters. The molecule has 0 fully saturated rings. The summed E-state index contributed by atoms with van der Waals surface area (Å²) in [5, 5.41) is 5.35. The van der Waals surface area contributed by atoms with Crippen molar-refractivity contribution in [1.29, 1.82) is 0 Å². The van der Waals surface area contributed by atoms with Crippen molar-refractivity contribution in [3.8, 4) is 0 Å². The number of hydrogen-bond acceptors (Lipinski definition) is 4. The van der Waals surface area contributed by atoms with Crippen molar-refractivity contribution >= 4 is 59.9 Å². The van der Waals surface area contributed by atoms with Crippen LogP contribution < -0.4 is 5.32 Å². The van der Waals surface area contributed by atoms with Gasteiger partial charge in [-0.15, -0.1) is 11.3 Å². The van der Waals surface area contributed by atoms with Crippen LogP contribution >= 0.6 is 38.6 Å². The van der Waals surface area contributed by atoms with E-state index in [0.29, 0.717) is 10.0 Å². The molecule has 6 heteroatoms. The number of anilines is 1. The van der Waals surface area contributed by atoms with Crippen LogP contribution in [0, 0.1) is 6.92 Å². The maximum Gasteiger partial charge on any atom is 0.268 e. The van der Waals surface area contributed by atoms with Crippen molar-refractivity contribution in [2.75, 3.05) is 5.32 Å². The van der Waals surface area contributed by atoms with Gasteiger partial charge >= 0.3 is 0 Å². The molecule has 0 aliphatic carbocycles. The molecule has 96 valence electrons. The average Bonchev–Trinajstić information content (AvgIpc) is 2.94. The Morgan fingerprint density at radius 2 is 2.21 bits per heavy atom. The van der Waals surface area contributed by atoms with Gasteiger partial charge in [0, 0.05) is 4.47 Å². The Morgan fingerprint density at radius 1 is 1.37 bits per heavy atom. The Labute approximate surface area is 126 Å². The Hall–Kier alpha value is -1.24. The number of carbonyl (C=O) groups excluding carboxylic acids is 1. The fourth-order valence-electron chi connectivity index (χ4n) is 1.69. The van der Waals surface area contributed by atoms with Gasteiger partial charge in [0.2, 0.25) is 0 Å². The molecule has 3 rings (SSSR count). The second-order valence-electron chi connectivity index (χ2n) is 4.04. The largest absolute Gasteiger partial charge is 0.297 e. The zero-order valence-corrected chi connectivity index (χ0v) is 13.2. The first-order valence-corrected chi connectivity index (χ1v) is 8.04. The maximum atomic E-state index is 12.1. The highest BCUT2D eigenvalue weighted by atomic mass is 79.9. The van der Waals surface area contributed by atoms with E-state index >= 15 is 0 Å². The molecule has 0 bridgehead atoms. The molecule has 2 aromatic heterocycles. The van der Waals surface area contributed by atoms with Crippen LogP contribution in [0.2, 0.25) is 0 Å². The van der Waals surface area contributed by atoms with E-state index in [9.17, 15) is 4.79 Å². The molecule has 0 aliphatic rings. The van der Waals surface area contributed by atoms with Crippen molar-refractivity contribution in [3.05, 3.63) is 44.6 Å². The van der Waals surface area contributed by atoms with Crippen LogP contribution in [-0.2, 0) is 0 Å². The summed E-state index contributed by atoms with van der Waals surface area (Å²) >= 11 is 6.25. The van der Waals surface area contributed by atoms with Crippen LogP contribution in [0.25, 0.3) is 10.2 Å². The van der Waals surface area contributed by atoms with E-state index in [1.807, 2.05) is 30.5 Å². The monoisotopic (exact) mass is 352 g/mol. The van der Waals surface area contributed by atoms with E-state index in [2.05, 4.69) is 32.3 Å². The van der Waals surface area contributed by atoms with E-state index < -0.39 is 0 Å². The zero-order valence-electron chi connectivity index (χ0n) is 9.94. The first kappa shape index (κ1) is 12.8. The summed E-state index contributed by atoms with van der Waals surface area (Å²) in [5.74, 6) is -0.127. The third-order valence-electron chi connectivity index (χ3n) is 2.59. The van der Waals surface area contributed by atoms with Gasteiger partial charge in [-0.1, -0.05) is 17.4 Å². The van der Waals surface area contributed by atoms with Crippen LogP contribution in [0.3, 0.4) is 0 Å².